The van der Waals surface area contributed by atoms with Crippen LogP contribution in [0.2, 0.25) is 0 Å². The molecular formula is C15H18BrN3O3. The first-order chi connectivity index (χ1) is 10.5. The van der Waals surface area contributed by atoms with Crippen LogP contribution in [-0.2, 0) is 18.3 Å². The summed E-state index contributed by atoms with van der Waals surface area (Å²) in [5, 5.41) is 3.07. The second-order valence-corrected chi connectivity index (χ2v) is 5.66. The van der Waals surface area contributed by atoms with Crippen molar-refractivity contribution in [2.45, 2.75) is 6.54 Å². The highest BCUT2D eigenvalue weighted by atomic mass is 79.9. The number of nitrogens with zero attached hydrogens (tertiary/aromatic N) is 2. The minimum absolute atomic E-state index is 0.340. The number of benzene rings is 1. The molecule has 0 amide bonds. The Hall–Kier alpha value is -1.86. The Balaban J connectivity index is 2.43. The first-order valence-corrected chi connectivity index (χ1v) is 7.61. The lowest BCUT2D eigenvalue weighted by molar-refractivity contribution is 0.210. The number of ether oxygens (including phenoxy) is 1. The molecule has 1 heterocycles. The summed E-state index contributed by atoms with van der Waals surface area (Å²) < 4.78 is 8.53. The second kappa shape index (κ2) is 7.42. The molecule has 0 saturated heterocycles. The van der Waals surface area contributed by atoms with E-state index in [-0.39, 0.29) is 11.2 Å². The SMILES string of the molecule is COCCNc1cc(=O)n(C)c(=O)n1Cc1ccccc1Br. The fourth-order valence-corrected chi connectivity index (χ4v) is 2.46. The van der Waals surface area contributed by atoms with Crippen molar-refractivity contribution in [1.82, 2.24) is 9.13 Å². The zero-order valence-corrected chi connectivity index (χ0v) is 14.1. The minimum atomic E-state index is -0.358. The van der Waals surface area contributed by atoms with E-state index in [0.29, 0.717) is 25.5 Å². The standard InChI is InChI=1S/C15H18BrN3O3/c1-18-14(20)9-13(17-7-8-22-2)19(15(18)21)10-11-5-3-4-6-12(11)16/h3-6,9,17H,7-8,10H2,1-2H3. The molecule has 1 N–H and O–H groups in total. The highest BCUT2D eigenvalue weighted by Crippen LogP contribution is 2.17. The molecule has 1 aromatic heterocycles. The monoisotopic (exact) mass is 367 g/mol. The predicted molar refractivity (Wildman–Crippen MR) is 89.6 cm³/mol. The third-order valence-corrected chi connectivity index (χ3v) is 4.07. The summed E-state index contributed by atoms with van der Waals surface area (Å²) in [6.45, 7) is 1.36. The van der Waals surface area contributed by atoms with Crippen molar-refractivity contribution in [3.63, 3.8) is 0 Å². The summed E-state index contributed by atoms with van der Waals surface area (Å²) in [6.07, 6.45) is 0. The Morgan fingerprint density at radius 1 is 1.27 bits per heavy atom. The van der Waals surface area contributed by atoms with Gasteiger partial charge >= 0.3 is 5.69 Å². The molecule has 22 heavy (non-hydrogen) atoms. The van der Waals surface area contributed by atoms with Crippen LogP contribution >= 0.6 is 15.9 Å². The van der Waals surface area contributed by atoms with Crippen molar-refractivity contribution in [2.75, 3.05) is 25.6 Å². The van der Waals surface area contributed by atoms with Crippen molar-refractivity contribution < 1.29 is 4.74 Å². The summed E-state index contributed by atoms with van der Waals surface area (Å²) >= 11 is 3.48. The Labute approximate surface area is 136 Å². The Bertz CT molecular complexity index is 767. The molecule has 0 aliphatic carbocycles. The van der Waals surface area contributed by atoms with Crippen LogP contribution in [0.1, 0.15) is 5.56 Å². The molecule has 7 heteroatoms. The molecule has 0 fully saturated rings. The Morgan fingerprint density at radius 3 is 2.68 bits per heavy atom. The van der Waals surface area contributed by atoms with Gasteiger partial charge in [0.2, 0.25) is 0 Å². The van der Waals surface area contributed by atoms with E-state index < -0.39 is 0 Å². The van der Waals surface area contributed by atoms with Crippen molar-refractivity contribution in [3.05, 3.63) is 61.2 Å². The fourth-order valence-electron chi connectivity index (χ4n) is 2.05. The molecule has 1 aromatic carbocycles. The van der Waals surface area contributed by atoms with Gasteiger partial charge in [-0.05, 0) is 11.6 Å². The van der Waals surface area contributed by atoms with E-state index in [0.717, 1.165) is 14.6 Å². The second-order valence-electron chi connectivity index (χ2n) is 4.81. The Kier molecular flexibility index (Phi) is 5.57. The van der Waals surface area contributed by atoms with Crippen molar-refractivity contribution >= 4 is 21.7 Å². The summed E-state index contributed by atoms with van der Waals surface area (Å²) in [7, 11) is 3.07. The van der Waals surface area contributed by atoms with Gasteiger partial charge in [-0.25, -0.2) is 4.79 Å². The highest BCUT2D eigenvalue weighted by Gasteiger charge is 2.10. The third kappa shape index (κ3) is 3.66. The topological polar surface area (TPSA) is 65.3 Å². The number of aromatic nitrogens is 2. The summed E-state index contributed by atoms with van der Waals surface area (Å²) in [4.78, 5) is 24.2. The lowest BCUT2D eigenvalue weighted by Gasteiger charge is -2.16. The van der Waals surface area contributed by atoms with E-state index in [1.54, 1.807) is 7.11 Å². The first-order valence-electron chi connectivity index (χ1n) is 6.81. The van der Waals surface area contributed by atoms with Crippen LogP contribution in [0.4, 0.5) is 5.82 Å². The van der Waals surface area contributed by atoms with E-state index in [4.69, 9.17) is 4.74 Å². The molecule has 0 aliphatic heterocycles. The molecule has 6 nitrogen and oxygen atoms in total. The molecular weight excluding hydrogens is 350 g/mol. The van der Waals surface area contributed by atoms with Gasteiger partial charge in [0.1, 0.15) is 5.82 Å². The van der Waals surface area contributed by atoms with Crippen LogP contribution in [0, 0.1) is 0 Å². The summed E-state index contributed by atoms with van der Waals surface area (Å²) in [5.41, 5.74) is 0.259. The number of hydrogen-bond acceptors (Lipinski definition) is 4. The van der Waals surface area contributed by atoms with Crippen molar-refractivity contribution in [3.8, 4) is 0 Å². The molecule has 0 unspecified atom stereocenters. The van der Waals surface area contributed by atoms with Crippen LogP contribution in [0.5, 0.6) is 0 Å². The number of halogens is 1. The van der Waals surface area contributed by atoms with E-state index in [1.165, 1.54) is 17.7 Å². The number of rotatable bonds is 6. The maximum atomic E-state index is 12.4. The molecule has 0 radical (unpaired) electrons. The summed E-state index contributed by atoms with van der Waals surface area (Å²) in [6, 6.07) is 9.09. The zero-order chi connectivity index (χ0) is 16.1. The van der Waals surface area contributed by atoms with Gasteiger partial charge < -0.3 is 10.1 Å². The quantitative estimate of drug-likeness (QED) is 0.784. The van der Waals surface area contributed by atoms with E-state index >= 15 is 0 Å². The number of nitrogens with one attached hydrogen (secondary N) is 1. The van der Waals surface area contributed by atoms with Gasteiger partial charge in [0.05, 0.1) is 13.2 Å². The maximum Gasteiger partial charge on any atom is 0.332 e. The van der Waals surface area contributed by atoms with Gasteiger partial charge in [-0.1, -0.05) is 34.1 Å². The van der Waals surface area contributed by atoms with E-state index in [1.807, 2.05) is 24.3 Å². The molecule has 2 aromatic rings. The van der Waals surface area contributed by atoms with Crippen LogP contribution in [-0.4, -0.2) is 29.4 Å². The number of methoxy groups -OCH3 is 1. The van der Waals surface area contributed by atoms with Gasteiger partial charge in [-0.3, -0.25) is 13.9 Å². The fraction of sp³-hybridized carbons (Fsp3) is 0.333. The Morgan fingerprint density at radius 2 is 2.00 bits per heavy atom. The molecule has 0 saturated carbocycles. The number of anilines is 1. The molecule has 0 aliphatic rings. The van der Waals surface area contributed by atoms with Crippen LogP contribution in [0.3, 0.4) is 0 Å². The van der Waals surface area contributed by atoms with E-state index in [9.17, 15) is 9.59 Å². The van der Waals surface area contributed by atoms with Crippen LogP contribution in [0.15, 0.2) is 44.4 Å². The van der Waals surface area contributed by atoms with Gasteiger partial charge in [0.15, 0.2) is 0 Å². The predicted octanol–water partition coefficient (Wildman–Crippen LogP) is 1.42. The lowest BCUT2D eigenvalue weighted by atomic mass is 10.2. The van der Waals surface area contributed by atoms with Gasteiger partial charge in [-0.15, -0.1) is 0 Å². The molecule has 118 valence electrons. The number of hydrogen-bond donors (Lipinski definition) is 1. The van der Waals surface area contributed by atoms with Crippen molar-refractivity contribution in [2.24, 2.45) is 7.05 Å². The van der Waals surface area contributed by atoms with Crippen LogP contribution < -0.4 is 16.6 Å². The zero-order valence-electron chi connectivity index (χ0n) is 12.5. The third-order valence-electron chi connectivity index (χ3n) is 3.30. The highest BCUT2D eigenvalue weighted by molar-refractivity contribution is 9.10. The van der Waals surface area contributed by atoms with Crippen LogP contribution in [0.25, 0.3) is 0 Å². The average Bonchev–Trinajstić information content (AvgIpc) is 2.51. The maximum absolute atomic E-state index is 12.4. The van der Waals surface area contributed by atoms with Gasteiger partial charge in [0, 0.05) is 31.2 Å². The van der Waals surface area contributed by atoms with Crippen molar-refractivity contribution in [1.29, 1.82) is 0 Å². The smallest absolute Gasteiger partial charge is 0.332 e. The first kappa shape index (κ1) is 16.5. The largest absolute Gasteiger partial charge is 0.383 e. The van der Waals surface area contributed by atoms with Gasteiger partial charge in [-0.2, -0.15) is 0 Å². The van der Waals surface area contributed by atoms with E-state index in [2.05, 4.69) is 21.2 Å². The normalized spacial score (nSPS) is 10.7. The van der Waals surface area contributed by atoms with Gasteiger partial charge in [0.25, 0.3) is 5.56 Å². The molecule has 0 atom stereocenters. The lowest BCUT2D eigenvalue weighted by Crippen LogP contribution is -2.39. The molecule has 0 bridgehead atoms. The molecule has 2 rings (SSSR count). The molecule has 0 spiro atoms. The summed E-state index contributed by atoms with van der Waals surface area (Å²) in [5.74, 6) is 0.487. The average molecular weight is 368 g/mol. The minimum Gasteiger partial charge on any atom is -0.383 e.